The van der Waals surface area contributed by atoms with Crippen LogP contribution in [0.5, 0.6) is 0 Å². The van der Waals surface area contributed by atoms with Gasteiger partial charge in [-0.2, -0.15) is 0 Å². The minimum Gasteiger partial charge on any atom is -0.300 e. The number of phosphoric ester groups is 1. The summed E-state index contributed by atoms with van der Waals surface area (Å²) >= 11 is 0. The van der Waals surface area contributed by atoms with Gasteiger partial charge in [0, 0.05) is 0 Å². The molecule has 4 nitrogen and oxygen atoms in total. The van der Waals surface area contributed by atoms with Crippen molar-refractivity contribution in [1.29, 1.82) is 0 Å². The molecule has 0 radical (unpaired) electrons. The monoisotopic (exact) mass is 387 g/mol. The van der Waals surface area contributed by atoms with Crippen LogP contribution in [0.25, 0.3) is 0 Å². The van der Waals surface area contributed by atoms with Gasteiger partial charge in [-0.05, 0) is 43.3 Å². The third-order valence-electron chi connectivity index (χ3n) is 3.88. The third-order valence-corrected chi connectivity index (χ3v) is 9.34. The number of rotatable bonds is 7. The minimum atomic E-state index is -4.26. The molecule has 0 aliphatic heterocycles. The van der Waals surface area contributed by atoms with Crippen LogP contribution >= 0.6 is 15.3 Å². The SMILES string of the molecule is CCOP(=O)(O)O[P+](c1ccccc1)(c1ccccc1)c1ccccc1. The van der Waals surface area contributed by atoms with Gasteiger partial charge in [-0.25, -0.2) is 4.57 Å². The predicted molar refractivity (Wildman–Crippen MR) is 108 cm³/mol. The second-order valence-electron chi connectivity index (χ2n) is 5.58. The lowest BCUT2D eigenvalue weighted by molar-refractivity contribution is 0.219. The molecule has 0 fully saturated rings. The predicted octanol–water partition coefficient (Wildman–Crippen LogP) is 4.05. The Labute approximate surface area is 154 Å². The van der Waals surface area contributed by atoms with Gasteiger partial charge in [0.1, 0.15) is 15.9 Å². The maximum absolute atomic E-state index is 12.7. The molecule has 0 amide bonds. The molecule has 1 atom stereocenters. The smallest absolute Gasteiger partial charge is 0.300 e. The molecule has 0 aromatic heterocycles. The molecular formula is C20H21O4P2+. The number of phosphoric acid groups is 1. The summed E-state index contributed by atoms with van der Waals surface area (Å²) in [5, 5.41) is 2.56. The van der Waals surface area contributed by atoms with Gasteiger partial charge in [0.2, 0.25) is 0 Å². The maximum Gasteiger partial charge on any atom is 0.506 e. The van der Waals surface area contributed by atoms with Gasteiger partial charge in [0.25, 0.3) is 7.49 Å². The Morgan fingerprint density at radius 3 is 1.42 bits per heavy atom. The van der Waals surface area contributed by atoms with Gasteiger partial charge in [-0.3, -0.25) is 4.52 Å². The maximum atomic E-state index is 12.7. The lowest BCUT2D eigenvalue weighted by atomic mass is 10.4. The molecule has 6 heteroatoms. The Morgan fingerprint density at radius 1 is 0.769 bits per heavy atom. The second kappa shape index (κ2) is 8.26. The first-order valence-corrected chi connectivity index (χ1v) is 11.5. The molecule has 3 aromatic carbocycles. The van der Waals surface area contributed by atoms with Gasteiger partial charge in [-0.1, -0.05) is 54.6 Å². The fraction of sp³-hybridized carbons (Fsp3) is 0.100. The average Bonchev–Trinajstić information content (AvgIpc) is 2.68. The van der Waals surface area contributed by atoms with E-state index in [2.05, 4.69) is 0 Å². The van der Waals surface area contributed by atoms with Crippen LogP contribution in [-0.4, -0.2) is 11.5 Å². The first-order chi connectivity index (χ1) is 12.6. The van der Waals surface area contributed by atoms with Crippen molar-refractivity contribution in [1.82, 2.24) is 0 Å². The molecule has 3 rings (SSSR count). The zero-order chi connectivity index (χ0) is 18.5. The first-order valence-electron chi connectivity index (χ1n) is 8.33. The van der Waals surface area contributed by atoms with E-state index < -0.39 is 15.3 Å². The summed E-state index contributed by atoms with van der Waals surface area (Å²) in [5.41, 5.74) is 0. The fourth-order valence-electron chi connectivity index (χ4n) is 2.84. The molecule has 0 aliphatic rings. The summed E-state index contributed by atoms with van der Waals surface area (Å²) in [7, 11) is -7.10. The topological polar surface area (TPSA) is 55.8 Å². The van der Waals surface area contributed by atoms with Crippen LogP contribution in [0.1, 0.15) is 6.92 Å². The van der Waals surface area contributed by atoms with Gasteiger partial charge in [0.05, 0.1) is 6.61 Å². The molecule has 0 bridgehead atoms. The Bertz CT molecular complexity index is 773. The van der Waals surface area contributed by atoms with Crippen molar-refractivity contribution in [2.24, 2.45) is 0 Å². The highest BCUT2D eigenvalue weighted by Crippen LogP contribution is 2.67. The molecule has 1 unspecified atom stereocenters. The summed E-state index contributed by atoms with van der Waals surface area (Å²) in [6.07, 6.45) is 0. The van der Waals surface area contributed by atoms with E-state index in [4.69, 9.17) is 8.83 Å². The van der Waals surface area contributed by atoms with Crippen LogP contribution in [0.2, 0.25) is 0 Å². The highest BCUT2D eigenvalue weighted by Gasteiger charge is 2.54. The molecule has 26 heavy (non-hydrogen) atoms. The molecule has 3 aromatic rings. The van der Waals surface area contributed by atoms with Crippen LogP contribution < -0.4 is 15.9 Å². The van der Waals surface area contributed by atoms with Crippen molar-refractivity contribution in [3.05, 3.63) is 91.0 Å². The van der Waals surface area contributed by atoms with E-state index >= 15 is 0 Å². The molecule has 0 aliphatic carbocycles. The lowest BCUT2D eigenvalue weighted by Crippen LogP contribution is -2.32. The standard InChI is InChI=1S/C20H20O4P2/c1-2-23-26(21,22)24-25(18-12-6-3-7-13-18,19-14-8-4-9-15-19)20-16-10-5-11-17-20/h3-17H,2H2,1H3/p+1. The number of benzene rings is 3. The van der Waals surface area contributed by atoms with Crippen molar-refractivity contribution >= 4 is 31.2 Å². The molecule has 0 saturated carbocycles. The first kappa shape index (κ1) is 19.0. The van der Waals surface area contributed by atoms with Gasteiger partial charge in [-0.15, -0.1) is 4.31 Å². The van der Waals surface area contributed by atoms with E-state index in [1.807, 2.05) is 91.0 Å². The van der Waals surface area contributed by atoms with E-state index in [1.165, 1.54) is 0 Å². The minimum absolute atomic E-state index is 0.0894. The van der Waals surface area contributed by atoms with Crippen molar-refractivity contribution < 1.29 is 18.3 Å². The zero-order valence-corrected chi connectivity index (χ0v) is 16.2. The van der Waals surface area contributed by atoms with E-state index in [1.54, 1.807) is 6.92 Å². The second-order valence-corrected chi connectivity index (χ2v) is 10.2. The highest BCUT2D eigenvalue weighted by atomic mass is 31.3. The van der Waals surface area contributed by atoms with Gasteiger partial charge >= 0.3 is 7.82 Å². The third kappa shape index (κ3) is 3.96. The van der Waals surface area contributed by atoms with Crippen LogP contribution in [0, 0.1) is 0 Å². The molecular weight excluding hydrogens is 366 g/mol. The Kier molecular flexibility index (Phi) is 6.03. The van der Waals surface area contributed by atoms with E-state index in [0.29, 0.717) is 0 Å². The zero-order valence-electron chi connectivity index (χ0n) is 14.4. The molecule has 134 valence electrons. The summed E-state index contributed by atoms with van der Waals surface area (Å²) in [6, 6.07) is 28.7. The summed E-state index contributed by atoms with van der Waals surface area (Å²) in [6.45, 7) is 1.76. The van der Waals surface area contributed by atoms with E-state index in [-0.39, 0.29) is 6.61 Å². The highest BCUT2D eigenvalue weighted by molar-refractivity contribution is 7.94. The molecule has 0 saturated heterocycles. The molecule has 1 N–H and O–H groups in total. The number of hydrogen-bond acceptors (Lipinski definition) is 3. The fourth-order valence-corrected chi connectivity index (χ4v) is 8.40. The average molecular weight is 387 g/mol. The van der Waals surface area contributed by atoms with Gasteiger partial charge in [0.15, 0.2) is 0 Å². The summed E-state index contributed by atoms with van der Waals surface area (Å²) < 4.78 is 23.8. The van der Waals surface area contributed by atoms with Crippen molar-refractivity contribution in [2.75, 3.05) is 6.61 Å². The largest absolute Gasteiger partial charge is 0.506 e. The lowest BCUT2D eigenvalue weighted by Gasteiger charge is -2.26. The molecule has 0 heterocycles. The van der Waals surface area contributed by atoms with Crippen molar-refractivity contribution in [2.45, 2.75) is 6.92 Å². The van der Waals surface area contributed by atoms with Crippen LogP contribution in [0.15, 0.2) is 91.0 Å². The normalized spacial score (nSPS) is 13.9. The Balaban J connectivity index is 2.30. The van der Waals surface area contributed by atoms with E-state index in [0.717, 1.165) is 15.9 Å². The summed E-state index contributed by atoms with van der Waals surface area (Å²) in [5.74, 6) is 0. The van der Waals surface area contributed by atoms with Crippen molar-refractivity contribution in [3.8, 4) is 0 Å². The number of hydrogen-bond donors (Lipinski definition) is 1. The van der Waals surface area contributed by atoms with Crippen LogP contribution in [-0.2, 0) is 13.4 Å². The van der Waals surface area contributed by atoms with E-state index in [9.17, 15) is 9.46 Å². The molecule has 0 spiro atoms. The van der Waals surface area contributed by atoms with Crippen LogP contribution in [0.4, 0.5) is 0 Å². The summed E-state index contributed by atoms with van der Waals surface area (Å²) in [4.78, 5) is 10.4. The quantitative estimate of drug-likeness (QED) is 0.622. The van der Waals surface area contributed by atoms with Crippen molar-refractivity contribution in [3.63, 3.8) is 0 Å². The Morgan fingerprint density at radius 2 is 1.12 bits per heavy atom. The van der Waals surface area contributed by atoms with Crippen LogP contribution in [0.3, 0.4) is 0 Å². The Hall–Kier alpha value is -1.80. The van der Waals surface area contributed by atoms with Gasteiger partial charge < -0.3 is 4.89 Å².